The average Bonchev–Trinajstić information content (AvgIpc) is 2.73. The fourth-order valence-corrected chi connectivity index (χ4v) is 5.82. The van der Waals surface area contributed by atoms with Crippen LogP contribution in [0, 0.1) is 0 Å². The molecule has 2 rings (SSSR count). The molecule has 2 aromatic rings. The second-order valence-electron chi connectivity index (χ2n) is 12.8. The molecule has 38 heavy (non-hydrogen) atoms. The lowest BCUT2D eigenvalue weighted by molar-refractivity contribution is -0.138. The summed E-state index contributed by atoms with van der Waals surface area (Å²) >= 11 is 0. The summed E-state index contributed by atoms with van der Waals surface area (Å²) in [5.41, 5.74) is -0.620. The van der Waals surface area contributed by atoms with Gasteiger partial charge in [0.15, 0.2) is 16.6 Å². The summed E-state index contributed by atoms with van der Waals surface area (Å²) in [6.07, 6.45) is -10.7. The monoisotopic (exact) mass is 578 g/mol. The fraction of sp³-hybridized carbons (Fsp3) is 0.571. The summed E-state index contributed by atoms with van der Waals surface area (Å²) in [4.78, 5) is 0. The lowest BCUT2D eigenvalue weighted by Gasteiger charge is -2.45. The van der Waals surface area contributed by atoms with E-state index in [1.54, 1.807) is 0 Å². The minimum Gasteiger partial charge on any atom is -0.407 e. The van der Waals surface area contributed by atoms with Crippen molar-refractivity contribution in [1.82, 2.24) is 0 Å². The van der Waals surface area contributed by atoms with Crippen LogP contribution < -0.4 is 0 Å². The molecule has 0 bridgehead atoms. The molecule has 214 valence electrons. The van der Waals surface area contributed by atoms with Crippen LogP contribution in [0.5, 0.6) is 0 Å². The molecule has 0 aliphatic heterocycles. The Hall–Kier alpha value is -1.63. The van der Waals surface area contributed by atoms with E-state index in [4.69, 9.17) is 8.85 Å². The molecule has 0 aromatic heterocycles. The first-order valence-corrected chi connectivity index (χ1v) is 18.4. The van der Waals surface area contributed by atoms with E-state index in [0.717, 1.165) is 24.3 Å². The zero-order valence-electron chi connectivity index (χ0n) is 23.9. The standard InChI is InChI=1S/C28H40F6O2Si2/c1-25(2,3)37(7,8)35-23(19-11-15-21(16-12-19)27(29,30)31)24(36-38(9,10)26(4,5)6)20-13-17-22(18-14-20)28(32,33)34/h11-18,23-24H,1-10H3. The summed E-state index contributed by atoms with van der Waals surface area (Å²) in [6.45, 7) is 20.4. The van der Waals surface area contributed by atoms with E-state index in [9.17, 15) is 26.3 Å². The van der Waals surface area contributed by atoms with E-state index >= 15 is 0 Å². The van der Waals surface area contributed by atoms with Crippen LogP contribution in [0.2, 0.25) is 36.3 Å². The zero-order valence-corrected chi connectivity index (χ0v) is 25.9. The minimum atomic E-state index is -4.50. The first kappa shape index (κ1) is 32.6. The Kier molecular flexibility index (Phi) is 9.21. The number of hydrogen-bond donors (Lipinski definition) is 0. The number of hydrogen-bond acceptors (Lipinski definition) is 2. The van der Waals surface area contributed by atoms with Gasteiger partial charge in [0.2, 0.25) is 0 Å². The van der Waals surface area contributed by atoms with Crippen LogP contribution in [-0.2, 0) is 21.2 Å². The molecule has 0 amide bonds. The van der Waals surface area contributed by atoms with Crippen LogP contribution in [0.25, 0.3) is 0 Å². The Labute approximate surface area is 225 Å². The van der Waals surface area contributed by atoms with E-state index in [2.05, 4.69) is 0 Å². The summed E-state index contributed by atoms with van der Waals surface area (Å²) in [7, 11) is -5.05. The van der Waals surface area contributed by atoms with Crippen LogP contribution in [-0.4, -0.2) is 16.6 Å². The topological polar surface area (TPSA) is 18.5 Å². The molecule has 0 fully saturated rings. The van der Waals surface area contributed by atoms with Crippen molar-refractivity contribution in [3.8, 4) is 0 Å². The smallest absolute Gasteiger partial charge is 0.407 e. The van der Waals surface area contributed by atoms with Crippen molar-refractivity contribution in [2.75, 3.05) is 0 Å². The van der Waals surface area contributed by atoms with Crippen LogP contribution in [0.3, 0.4) is 0 Å². The summed E-state index contributed by atoms with van der Waals surface area (Å²) < 4.78 is 93.6. The highest BCUT2D eigenvalue weighted by Gasteiger charge is 2.46. The van der Waals surface area contributed by atoms with E-state index in [1.165, 1.54) is 24.3 Å². The highest BCUT2D eigenvalue weighted by molar-refractivity contribution is 6.74. The van der Waals surface area contributed by atoms with Crippen molar-refractivity contribution in [3.63, 3.8) is 0 Å². The van der Waals surface area contributed by atoms with Crippen molar-refractivity contribution in [3.05, 3.63) is 70.8 Å². The number of halogens is 6. The van der Waals surface area contributed by atoms with Gasteiger partial charge in [-0.05, 0) is 71.7 Å². The molecule has 0 saturated carbocycles. The Morgan fingerprint density at radius 3 is 0.921 bits per heavy atom. The first-order valence-electron chi connectivity index (χ1n) is 12.6. The summed E-state index contributed by atoms with van der Waals surface area (Å²) in [6, 6.07) is 9.56. The third kappa shape index (κ3) is 7.73. The number of rotatable bonds is 7. The molecule has 0 heterocycles. The van der Waals surface area contributed by atoms with Gasteiger partial charge in [-0.1, -0.05) is 65.8 Å². The first-order chi connectivity index (χ1) is 16.9. The van der Waals surface area contributed by atoms with Crippen LogP contribution in [0.4, 0.5) is 26.3 Å². The van der Waals surface area contributed by atoms with Gasteiger partial charge in [-0.3, -0.25) is 0 Å². The predicted octanol–water partition coefficient (Wildman–Crippen LogP) is 10.6. The van der Waals surface area contributed by atoms with E-state index in [1.807, 2.05) is 67.7 Å². The number of alkyl halides is 6. The molecule has 2 atom stereocenters. The van der Waals surface area contributed by atoms with Gasteiger partial charge in [-0.15, -0.1) is 0 Å². The molecule has 0 radical (unpaired) electrons. The van der Waals surface area contributed by atoms with Crippen molar-refractivity contribution in [1.29, 1.82) is 0 Å². The SMILES string of the molecule is CC(C)(C)[Si](C)(C)OC(c1ccc(C(F)(F)F)cc1)C(O[Si](C)(C)C(C)(C)C)c1ccc(C(F)(F)F)cc1. The predicted molar refractivity (Wildman–Crippen MR) is 145 cm³/mol. The fourth-order valence-electron chi connectivity index (χ4n) is 3.32. The molecule has 0 aliphatic rings. The van der Waals surface area contributed by atoms with Crippen molar-refractivity contribution < 1.29 is 35.2 Å². The second kappa shape index (κ2) is 10.7. The Bertz CT molecular complexity index is 974. The Balaban J connectivity index is 2.76. The minimum absolute atomic E-state index is 0.237. The van der Waals surface area contributed by atoms with Gasteiger partial charge in [0.05, 0.1) is 23.3 Å². The lowest BCUT2D eigenvalue weighted by atomic mass is 9.96. The van der Waals surface area contributed by atoms with E-state index in [-0.39, 0.29) is 10.1 Å². The molecular formula is C28H40F6O2Si2. The maximum Gasteiger partial charge on any atom is 0.416 e. The van der Waals surface area contributed by atoms with Gasteiger partial charge in [0.25, 0.3) is 0 Å². The largest absolute Gasteiger partial charge is 0.416 e. The quantitative estimate of drug-likeness (QED) is 0.240. The van der Waals surface area contributed by atoms with Crippen LogP contribution >= 0.6 is 0 Å². The van der Waals surface area contributed by atoms with Gasteiger partial charge in [0, 0.05) is 0 Å². The average molecular weight is 579 g/mol. The van der Waals surface area contributed by atoms with Crippen molar-refractivity contribution in [2.24, 2.45) is 0 Å². The highest BCUT2D eigenvalue weighted by Crippen LogP contribution is 2.48. The van der Waals surface area contributed by atoms with Crippen molar-refractivity contribution >= 4 is 16.6 Å². The molecule has 2 unspecified atom stereocenters. The summed E-state index contributed by atoms with van der Waals surface area (Å²) in [5.74, 6) is 0. The second-order valence-corrected chi connectivity index (χ2v) is 22.3. The van der Waals surface area contributed by atoms with E-state index < -0.39 is 52.3 Å². The zero-order chi connectivity index (χ0) is 29.5. The molecule has 0 N–H and O–H groups in total. The van der Waals surface area contributed by atoms with Gasteiger partial charge in [0.1, 0.15) is 0 Å². The van der Waals surface area contributed by atoms with Crippen LogP contribution in [0.1, 0.15) is 76.0 Å². The molecule has 10 heteroatoms. The maximum absolute atomic E-state index is 13.3. The molecular weight excluding hydrogens is 538 g/mol. The molecule has 2 aromatic carbocycles. The third-order valence-electron chi connectivity index (χ3n) is 7.86. The normalized spacial score (nSPS) is 15.9. The van der Waals surface area contributed by atoms with Crippen LogP contribution in [0.15, 0.2) is 48.5 Å². The molecule has 0 spiro atoms. The molecule has 0 aliphatic carbocycles. The maximum atomic E-state index is 13.3. The van der Waals surface area contributed by atoms with E-state index in [0.29, 0.717) is 11.1 Å². The third-order valence-corrected chi connectivity index (χ3v) is 16.8. The number of benzene rings is 2. The van der Waals surface area contributed by atoms with Crippen molar-refractivity contribution in [2.45, 2.75) is 102 Å². The Morgan fingerprint density at radius 2 is 0.737 bits per heavy atom. The summed E-state index contributed by atoms with van der Waals surface area (Å²) in [5, 5.41) is -0.475. The van der Waals surface area contributed by atoms with Gasteiger partial charge >= 0.3 is 12.4 Å². The molecule has 2 nitrogen and oxygen atoms in total. The van der Waals surface area contributed by atoms with Gasteiger partial charge < -0.3 is 8.85 Å². The molecule has 0 saturated heterocycles. The highest BCUT2D eigenvalue weighted by atomic mass is 28.4. The Morgan fingerprint density at radius 1 is 0.500 bits per heavy atom. The van der Waals surface area contributed by atoms with Gasteiger partial charge in [-0.25, -0.2) is 0 Å². The lowest BCUT2D eigenvalue weighted by Crippen LogP contribution is -2.46. The van der Waals surface area contributed by atoms with Gasteiger partial charge in [-0.2, -0.15) is 26.3 Å².